The van der Waals surface area contributed by atoms with Crippen LogP contribution in [0.3, 0.4) is 0 Å². The fraction of sp³-hybridized carbons (Fsp3) is 0.500. The second-order valence-corrected chi connectivity index (χ2v) is 13.1. The summed E-state index contributed by atoms with van der Waals surface area (Å²) in [4.78, 5) is 21.2. The zero-order chi connectivity index (χ0) is 33.5. The Bertz CT molecular complexity index is 1410. The van der Waals surface area contributed by atoms with Gasteiger partial charge in [-0.25, -0.2) is 15.0 Å². The predicted octanol–water partition coefficient (Wildman–Crippen LogP) is 7.14. The van der Waals surface area contributed by atoms with Gasteiger partial charge in [-0.3, -0.25) is 10.2 Å². The summed E-state index contributed by atoms with van der Waals surface area (Å²) in [6, 6.07) is 19.1. The van der Waals surface area contributed by atoms with E-state index >= 15 is 0 Å². The van der Waals surface area contributed by atoms with E-state index in [1.165, 1.54) is 11.1 Å². The second-order valence-electron chi connectivity index (χ2n) is 13.1. The first-order valence-corrected chi connectivity index (χ1v) is 17.3. The number of carbonyl (C=O) groups is 1. The SMILES string of the molecule is CCCC(CCC)(NCCCn1ccnc1)c1ccc(C(CCN(NC(=O)CC)C(C)(C)COc2ccccc2)n2ccnc2)cc1. The van der Waals surface area contributed by atoms with Crippen molar-refractivity contribution in [2.45, 2.75) is 103 Å². The first-order chi connectivity index (χ1) is 22.8. The Labute approximate surface area is 281 Å². The molecule has 0 radical (unpaired) electrons. The Morgan fingerprint density at radius 3 is 2.26 bits per heavy atom. The van der Waals surface area contributed by atoms with Crippen molar-refractivity contribution in [2.75, 3.05) is 19.7 Å². The minimum absolute atomic E-state index is 0.0120. The quantitative estimate of drug-likeness (QED) is 0.0743. The Balaban J connectivity index is 1.52. The van der Waals surface area contributed by atoms with Crippen molar-refractivity contribution >= 4 is 5.91 Å². The average molecular weight is 642 g/mol. The number of hydrogen-bond acceptors (Lipinski definition) is 6. The van der Waals surface area contributed by atoms with Crippen LogP contribution in [0.5, 0.6) is 5.75 Å². The Kier molecular flexibility index (Phi) is 13.6. The van der Waals surface area contributed by atoms with Gasteiger partial charge in [-0.2, -0.15) is 0 Å². The third-order valence-electron chi connectivity index (χ3n) is 8.97. The summed E-state index contributed by atoms with van der Waals surface area (Å²) in [5.74, 6) is 0.802. The van der Waals surface area contributed by atoms with Crippen LogP contribution in [0.1, 0.15) is 96.7 Å². The summed E-state index contributed by atoms with van der Waals surface area (Å²) < 4.78 is 10.5. The molecular formula is C38H55N7O2. The molecule has 9 nitrogen and oxygen atoms in total. The van der Waals surface area contributed by atoms with E-state index in [0.29, 0.717) is 19.6 Å². The molecule has 1 amide bonds. The number of rotatable bonds is 21. The maximum atomic E-state index is 12.7. The fourth-order valence-corrected chi connectivity index (χ4v) is 6.37. The van der Waals surface area contributed by atoms with Crippen molar-refractivity contribution in [3.05, 3.63) is 103 Å². The van der Waals surface area contributed by atoms with E-state index in [4.69, 9.17) is 4.74 Å². The molecule has 0 fully saturated rings. The number of hydrogen-bond donors (Lipinski definition) is 2. The molecule has 254 valence electrons. The first-order valence-electron chi connectivity index (χ1n) is 17.3. The van der Waals surface area contributed by atoms with Gasteiger partial charge in [0.25, 0.3) is 0 Å². The zero-order valence-electron chi connectivity index (χ0n) is 29.1. The van der Waals surface area contributed by atoms with Crippen molar-refractivity contribution in [1.29, 1.82) is 0 Å². The Morgan fingerprint density at radius 2 is 1.64 bits per heavy atom. The van der Waals surface area contributed by atoms with Crippen molar-refractivity contribution in [2.24, 2.45) is 0 Å². The van der Waals surface area contributed by atoms with E-state index in [0.717, 1.165) is 57.4 Å². The summed E-state index contributed by atoms with van der Waals surface area (Å²) in [5, 5.41) is 6.03. The van der Waals surface area contributed by atoms with Crippen LogP contribution >= 0.6 is 0 Å². The smallest absolute Gasteiger partial charge is 0.234 e. The van der Waals surface area contributed by atoms with E-state index in [2.05, 4.69) is 81.8 Å². The van der Waals surface area contributed by atoms with Crippen LogP contribution in [0.25, 0.3) is 0 Å². The van der Waals surface area contributed by atoms with Crippen LogP contribution in [0.4, 0.5) is 0 Å². The molecule has 2 heterocycles. The number of benzene rings is 2. The molecule has 0 bridgehead atoms. The van der Waals surface area contributed by atoms with Gasteiger partial charge >= 0.3 is 0 Å². The van der Waals surface area contributed by atoms with Crippen molar-refractivity contribution in [3.8, 4) is 5.75 Å². The van der Waals surface area contributed by atoms with Gasteiger partial charge in [0, 0.05) is 49.8 Å². The van der Waals surface area contributed by atoms with Gasteiger partial charge in [-0.05, 0) is 69.3 Å². The number of carbonyl (C=O) groups excluding carboxylic acids is 1. The van der Waals surface area contributed by atoms with Crippen LogP contribution in [-0.2, 0) is 16.9 Å². The Morgan fingerprint density at radius 1 is 0.936 bits per heavy atom. The van der Waals surface area contributed by atoms with Gasteiger partial charge in [0.2, 0.25) is 5.91 Å². The lowest BCUT2D eigenvalue weighted by atomic mass is 9.81. The maximum Gasteiger partial charge on any atom is 0.234 e. The molecule has 4 aromatic rings. The number of hydrazine groups is 1. The third-order valence-corrected chi connectivity index (χ3v) is 8.97. The van der Waals surface area contributed by atoms with Crippen molar-refractivity contribution in [3.63, 3.8) is 0 Å². The highest BCUT2D eigenvalue weighted by Gasteiger charge is 2.32. The zero-order valence-corrected chi connectivity index (χ0v) is 29.1. The summed E-state index contributed by atoms with van der Waals surface area (Å²) in [6.45, 7) is 13.6. The number of aryl methyl sites for hydroxylation is 1. The number of nitrogens with zero attached hydrogens (tertiary/aromatic N) is 5. The van der Waals surface area contributed by atoms with Gasteiger partial charge in [0.05, 0.1) is 24.2 Å². The van der Waals surface area contributed by atoms with E-state index < -0.39 is 5.54 Å². The monoisotopic (exact) mass is 641 g/mol. The number of aromatic nitrogens is 4. The van der Waals surface area contributed by atoms with Crippen LogP contribution in [0.15, 0.2) is 92.0 Å². The molecule has 2 aromatic heterocycles. The molecule has 1 unspecified atom stereocenters. The minimum atomic E-state index is -0.451. The van der Waals surface area contributed by atoms with Gasteiger partial charge < -0.3 is 19.2 Å². The molecule has 0 aliphatic carbocycles. The van der Waals surface area contributed by atoms with Crippen LogP contribution in [0.2, 0.25) is 0 Å². The summed E-state index contributed by atoms with van der Waals surface area (Å²) in [5.41, 5.74) is 5.20. The molecule has 0 saturated carbocycles. The average Bonchev–Trinajstić information content (AvgIpc) is 3.82. The second kappa shape index (κ2) is 17.8. The molecule has 2 aromatic carbocycles. The number of nitrogens with one attached hydrogen (secondary N) is 2. The molecule has 0 spiro atoms. The van der Waals surface area contributed by atoms with Gasteiger partial charge in [0.1, 0.15) is 12.4 Å². The van der Waals surface area contributed by atoms with Gasteiger partial charge in [0.15, 0.2) is 0 Å². The standard InChI is InChI=1S/C38H55N7O2/c1-6-20-38(21-7-2,41-22-12-25-43-27-23-39-30-43)33-17-15-32(16-18-33)35(44-28-24-40-31-44)19-26-45(42-36(46)8-3)37(4,5)29-47-34-13-10-9-11-14-34/h9-11,13-18,23-24,27-28,30-31,35,41H,6-8,12,19-22,25-26,29H2,1-5H3,(H,42,46). The van der Waals surface area contributed by atoms with E-state index in [-0.39, 0.29) is 17.5 Å². The first kappa shape index (κ1) is 35.9. The number of imidazole rings is 2. The number of ether oxygens (including phenoxy) is 1. The maximum absolute atomic E-state index is 12.7. The lowest BCUT2D eigenvalue weighted by Crippen LogP contribution is -2.57. The van der Waals surface area contributed by atoms with E-state index in [1.54, 1.807) is 0 Å². The molecule has 47 heavy (non-hydrogen) atoms. The lowest BCUT2D eigenvalue weighted by Gasteiger charge is -2.39. The summed E-state index contributed by atoms with van der Waals surface area (Å²) in [7, 11) is 0. The van der Waals surface area contributed by atoms with Crippen molar-refractivity contribution in [1.82, 2.24) is 34.9 Å². The minimum Gasteiger partial charge on any atom is -0.492 e. The molecule has 0 aliphatic heterocycles. The lowest BCUT2D eigenvalue weighted by molar-refractivity contribution is -0.129. The van der Waals surface area contributed by atoms with Gasteiger partial charge in [-0.15, -0.1) is 0 Å². The molecule has 9 heteroatoms. The number of para-hydroxylation sites is 1. The molecule has 4 rings (SSSR count). The molecule has 0 saturated heterocycles. The third kappa shape index (κ3) is 10.3. The van der Waals surface area contributed by atoms with Crippen LogP contribution in [-0.4, -0.2) is 55.3 Å². The normalized spacial score (nSPS) is 12.7. The van der Waals surface area contributed by atoms with E-state index in [9.17, 15) is 4.79 Å². The molecule has 2 N–H and O–H groups in total. The highest BCUT2D eigenvalue weighted by Crippen LogP contribution is 2.34. The Hall–Kier alpha value is -3.95. The largest absolute Gasteiger partial charge is 0.492 e. The van der Waals surface area contributed by atoms with Crippen molar-refractivity contribution < 1.29 is 9.53 Å². The highest BCUT2D eigenvalue weighted by molar-refractivity contribution is 5.75. The topological polar surface area (TPSA) is 89.2 Å². The highest BCUT2D eigenvalue weighted by atomic mass is 16.5. The van der Waals surface area contributed by atoms with Crippen LogP contribution < -0.4 is 15.5 Å². The number of amides is 1. The fourth-order valence-electron chi connectivity index (χ4n) is 6.37. The summed E-state index contributed by atoms with van der Waals surface area (Å²) >= 11 is 0. The molecule has 1 atom stereocenters. The predicted molar refractivity (Wildman–Crippen MR) is 189 cm³/mol. The van der Waals surface area contributed by atoms with E-state index in [1.807, 2.05) is 79.7 Å². The summed E-state index contributed by atoms with van der Waals surface area (Å²) in [6.07, 6.45) is 18.1. The molecule has 0 aliphatic rings. The van der Waals surface area contributed by atoms with Crippen LogP contribution in [0, 0.1) is 0 Å². The van der Waals surface area contributed by atoms with Gasteiger partial charge in [-0.1, -0.05) is 76.1 Å². The molecular weight excluding hydrogens is 586 g/mol.